The normalized spacial score (nSPS) is 14.0. The molecule has 3 heteroatoms. The summed E-state index contributed by atoms with van der Waals surface area (Å²) in [5.74, 6) is 0. The number of rotatable bonds is 6. The van der Waals surface area contributed by atoms with Gasteiger partial charge < -0.3 is 0 Å². The Balaban J connectivity index is 1.80. The smallest absolute Gasteiger partial charge is 0.0843 e. The molecule has 0 aromatic heterocycles. The molecular formula is C16H16Cl2S. The molecule has 0 bridgehead atoms. The minimum Gasteiger partial charge on any atom is -0.122 e. The molecule has 100 valence electrons. The molecule has 2 atom stereocenters. The van der Waals surface area contributed by atoms with E-state index in [9.17, 15) is 0 Å². The maximum atomic E-state index is 6.35. The molecule has 0 nitrogen and oxygen atoms in total. The lowest BCUT2D eigenvalue weighted by atomic mass is 10.2. The number of halogens is 2. The predicted molar refractivity (Wildman–Crippen MR) is 87.2 cm³/mol. The van der Waals surface area contributed by atoms with Gasteiger partial charge in [0.1, 0.15) is 0 Å². The Kier molecular flexibility index (Phi) is 6.09. The Labute approximate surface area is 129 Å². The highest BCUT2D eigenvalue weighted by Gasteiger charge is 2.13. The van der Waals surface area contributed by atoms with Crippen molar-refractivity contribution < 1.29 is 0 Å². The van der Waals surface area contributed by atoms with Crippen molar-refractivity contribution >= 4 is 35.0 Å². The lowest BCUT2D eigenvalue weighted by Crippen LogP contribution is -2.06. The Morgan fingerprint density at radius 3 is 1.42 bits per heavy atom. The fraction of sp³-hybridized carbons (Fsp3) is 0.250. The van der Waals surface area contributed by atoms with Gasteiger partial charge >= 0.3 is 0 Å². The third-order valence-corrected chi connectivity index (χ3v) is 4.62. The van der Waals surface area contributed by atoms with Gasteiger partial charge in [-0.15, -0.1) is 35.0 Å². The molecule has 0 saturated heterocycles. The fourth-order valence-corrected chi connectivity index (χ4v) is 4.01. The van der Waals surface area contributed by atoms with Gasteiger partial charge in [0.15, 0.2) is 0 Å². The van der Waals surface area contributed by atoms with E-state index in [4.69, 9.17) is 23.2 Å². The first-order valence-corrected chi connectivity index (χ1v) is 8.07. The second kappa shape index (κ2) is 7.84. The Bertz CT molecular complexity index is 427. The van der Waals surface area contributed by atoms with E-state index in [1.807, 2.05) is 36.4 Å². The van der Waals surface area contributed by atoms with Crippen LogP contribution in [0, 0.1) is 0 Å². The van der Waals surface area contributed by atoms with Crippen LogP contribution in [0.25, 0.3) is 0 Å². The minimum absolute atomic E-state index is 0.00797. The second-order valence-electron chi connectivity index (χ2n) is 4.34. The Morgan fingerprint density at radius 1 is 0.684 bits per heavy atom. The van der Waals surface area contributed by atoms with Gasteiger partial charge in [-0.3, -0.25) is 0 Å². The molecule has 0 aliphatic rings. The van der Waals surface area contributed by atoms with Crippen LogP contribution in [0.15, 0.2) is 60.7 Å². The van der Waals surface area contributed by atoms with E-state index in [1.165, 1.54) is 11.1 Å². The van der Waals surface area contributed by atoms with Crippen LogP contribution in [0.5, 0.6) is 0 Å². The lowest BCUT2D eigenvalue weighted by molar-refractivity contribution is 1.06. The number of alkyl halides is 2. The van der Waals surface area contributed by atoms with E-state index in [2.05, 4.69) is 24.3 Å². The first kappa shape index (κ1) is 14.8. The summed E-state index contributed by atoms with van der Waals surface area (Å²) in [7, 11) is 0. The van der Waals surface area contributed by atoms with Gasteiger partial charge in [-0.2, -0.15) is 0 Å². The van der Waals surface area contributed by atoms with Crippen molar-refractivity contribution in [3.63, 3.8) is 0 Å². The van der Waals surface area contributed by atoms with Gasteiger partial charge in [-0.1, -0.05) is 60.7 Å². The molecule has 19 heavy (non-hydrogen) atoms. The zero-order valence-corrected chi connectivity index (χ0v) is 12.8. The summed E-state index contributed by atoms with van der Waals surface area (Å²) >= 11 is 14.3. The molecule has 2 aromatic carbocycles. The fourth-order valence-electron chi connectivity index (χ4n) is 1.86. The summed E-state index contributed by atoms with van der Waals surface area (Å²) in [6.07, 6.45) is 1.68. The van der Waals surface area contributed by atoms with Crippen LogP contribution in [-0.2, 0) is 12.8 Å². The zero-order valence-electron chi connectivity index (χ0n) is 10.5. The van der Waals surface area contributed by atoms with Gasteiger partial charge in [-0.05, 0) is 24.0 Å². The van der Waals surface area contributed by atoms with Gasteiger partial charge in [-0.25, -0.2) is 0 Å². The van der Waals surface area contributed by atoms with Crippen molar-refractivity contribution in [1.82, 2.24) is 0 Å². The third-order valence-electron chi connectivity index (χ3n) is 2.77. The highest BCUT2D eigenvalue weighted by atomic mass is 35.5. The summed E-state index contributed by atoms with van der Waals surface area (Å²) in [6.45, 7) is 0. The molecule has 0 spiro atoms. The molecule has 0 unspecified atom stereocenters. The van der Waals surface area contributed by atoms with Crippen LogP contribution < -0.4 is 0 Å². The number of hydrogen-bond acceptors (Lipinski definition) is 1. The Morgan fingerprint density at radius 2 is 1.05 bits per heavy atom. The molecule has 2 aromatic rings. The van der Waals surface area contributed by atoms with Gasteiger partial charge in [0, 0.05) is 0 Å². The van der Waals surface area contributed by atoms with Crippen LogP contribution in [0.4, 0.5) is 0 Å². The van der Waals surface area contributed by atoms with Crippen LogP contribution in [0.1, 0.15) is 11.1 Å². The minimum atomic E-state index is 0.00797. The standard InChI is InChI=1S/C16H16Cl2S/c17-15(11-13-7-3-1-4-8-13)19-16(18)12-14-9-5-2-6-10-14/h1-10,15-16H,11-12H2/t15-,16-/m1/s1. The summed E-state index contributed by atoms with van der Waals surface area (Å²) in [6, 6.07) is 20.5. The first-order chi connectivity index (χ1) is 9.24. The summed E-state index contributed by atoms with van der Waals surface area (Å²) < 4.78 is 0.0159. The molecule has 0 aliphatic heterocycles. The van der Waals surface area contributed by atoms with Crippen molar-refractivity contribution in [1.29, 1.82) is 0 Å². The predicted octanol–water partition coefficient (Wildman–Crippen LogP) is 5.33. The topological polar surface area (TPSA) is 0 Å². The third kappa shape index (κ3) is 5.48. The van der Waals surface area contributed by atoms with Crippen molar-refractivity contribution in [2.45, 2.75) is 22.3 Å². The Hall–Kier alpha value is -0.630. The average molecular weight is 311 g/mol. The van der Waals surface area contributed by atoms with Crippen molar-refractivity contribution in [3.05, 3.63) is 71.8 Å². The maximum absolute atomic E-state index is 6.35. The zero-order chi connectivity index (χ0) is 13.5. The molecule has 2 rings (SSSR count). The number of benzene rings is 2. The molecule has 0 amide bonds. The molecule has 0 radical (unpaired) electrons. The molecule has 0 aliphatic carbocycles. The van der Waals surface area contributed by atoms with E-state index in [-0.39, 0.29) is 9.42 Å². The maximum Gasteiger partial charge on any atom is 0.0843 e. The quantitative estimate of drug-likeness (QED) is 0.649. The highest BCUT2D eigenvalue weighted by molar-refractivity contribution is 8.02. The van der Waals surface area contributed by atoms with Crippen LogP contribution in [0.2, 0.25) is 0 Å². The lowest BCUT2D eigenvalue weighted by Gasteiger charge is -2.14. The molecule has 0 heterocycles. The number of hydrogen-bond donors (Lipinski definition) is 0. The van der Waals surface area contributed by atoms with E-state index >= 15 is 0 Å². The molecule has 0 saturated carbocycles. The van der Waals surface area contributed by atoms with Crippen LogP contribution >= 0.6 is 35.0 Å². The average Bonchev–Trinajstić information content (AvgIpc) is 2.40. The molecular weight excluding hydrogens is 295 g/mol. The SMILES string of the molecule is Cl[C@@H](Cc1ccccc1)S[C@@H](Cl)Cc1ccccc1. The van der Waals surface area contributed by atoms with Crippen LogP contribution in [-0.4, -0.2) is 9.42 Å². The van der Waals surface area contributed by atoms with Gasteiger partial charge in [0.25, 0.3) is 0 Å². The molecule has 0 fully saturated rings. The van der Waals surface area contributed by atoms with E-state index in [1.54, 1.807) is 11.8 Å². The monoisotopic (exact) mass is 310 g/mol. The largest absolute Gasteiger partial charge is 0.122 e. The van der Waals surface area contributed by atoms with Crippen molar-refractivity contribution in [2.75, 3.05) is 0 Å². The highest BCUT2D eigenvalue weighted by Crippen LogP contribution is 2.29. The van der Waals surface area contributed by atoms with Crippen LogP contribution in [0.3, 0.4) is 0 Å². The van der Waals surface area contributed by atoms with E-state index in [0.717, 1.165) is 12.8 Å². The van der Waals surface area contributed by atoms with E-state index < -0.39 is 0 Å². The molecule has 0 N–H and O–H groups in total. The number of thioether (sulfide) groups is 1. The second-order valence-corrected chi connectivity index (χ2v) is 7.32. The van der Waals surface area contributed by atoms with Crippen molar-refractivity contribution in [2.24, 2.45) is 0 Å². The first-order valence-electron chi connectivity index (χ1n) is 6.25. The summed E-state index contributed by atoms with van der Waals surface area (Å²) in [5.41, 5.74) is 2.50. The van der Waals surface area contributed by atoms with Crippen molar-refractivity contribution in [3.8, 4) is 0 Å². The van der Waals surface area contributed by atoms with Gasteiger partial charge in [0.2, 0.25) is 0 Å². The van der Waals surface area contributed by atoms with E-state index in [0.29, 0.717) is 0 Å². The summed E-state index contributed by atoms with van der Waals surface area (Å²) in [5, 5.41) is 0. The summed E-state index contributed by atoms with van der Waals surface area (Å²) in [4.78, 5) is 0. The van der Waals surface area contributed by atoms with Gasteiger partial charge in [0.05, 0.1) is 9.42 Å².